The predicted molar refractivity (Wildman–Crippen MR) is 98.3 cm³/mol. The summed E-state index contributed by atoms with van der Waals surface area (Å²) in [5, 5.41) is 0.262. The van der Waals surface area contributed by atoms with Crippen molar-refractivity contribution in [3.8, 4) is 0 Å². The molecule has 2 aromatic rings. The second-order valence-electron chi connectivity index (χ2n) is 5.66. The average Bonchev–Trinajstić information content (AvgIpc) is 2.58. The van der Waals surface area contributed by atoms with E-state index in [2.05, 4.69) is 9.97 Å². The molecule has 0 unspecified atom stereocenters. The molecule has 0 bridgehead atoms. The van der Waals surface area contributed by atoms with Gasteiger partial charge in [-0.05, 0) is 24.1 Å². The van der Waals surface area contributed by atoms with Crippen LogP contribution in [0.25, 0.3) is 10.7 Å². The molecule has 0 atom stereocenters. The van der Waals surface area contributed by atoms with E-state index in [-0.39, 0.29) is 37.8 Å². The second-order valence-corrected chi connectivity index (χ2v) is 7.53. The fraction of sp³-hybridized carbons (Fsp3) is 0.250. The van der Waals surface area contributed by atoms with Crippen molar-refractivity contribution >= 4 is 51.6 Å². The van der Waals surface area contributed by atoms with Crippen molar-refractivity contribution in [1.29, 1.82) is 0 Å². The molecule has 0 radical (unpaired) electrons. The molecular weight excluding hydrogens is 467 g/mol. The van der Waals surface area contributed by atoms with Crippen LogP contribution >= 0.6 is 35.1 Å². The minimum absolute atomic E-state index is 0.0207. The highest BCUT2D eigenvalue weighted by Gasteiger charge is 2.39. The highest BCUT2D eigenvalue weighted by Crippen LogP contribution is 2.49. The first-order chi connectivity index (χ1) is 13.4. The molecule has 1 aliphatic heterocycles. The van der Waals surface area contributed by atoms with E-state index < -0.39 is 25.5 Å². The molecule has 0 spiro atoms. The molecule has 0 amide bonds. The average molecular weight is 476 g/mol. The maximum absolute atomic E-state index is 13.1. The van der Waals surface area contributed by atoms with E-state index in [1.54, 1.807) is 0 Å². The molecule has 13 heteroatoms. The highest BCUT2D eigenvalue weighted by molar-refractivity contribution is 8.09. The summed E-state index contributed by atoms with van der Waals surface area (Å²) < 4.78 is 83.1. The zero-order valence-corrected chi connectivity index (χ0v) is 16.3. The molecule has 0 saturated carbocycles. The van der Waals surface area contributed by atoms with Gasteiger partial charge in [-0.2, -0.15) is 26.3 Å². The van der Waals surface area contributed by atoms with E-state index in [9.17, 15) is 26.3 Å². The van der Waals surface area contributed by atoms with Crippen LogP contribution < -0.4 is 4.31 Å². The third-order valence-electron chi connectivity index (χ3n) is 3.42. The van der Waals surface area contributed by atoms with Crippen molar-refractivity contribution in [3.63, 3.8) is 0 Å². The number of hydrogen-bond donors (Lipinski definition) is 0. The standard InChI is InChI=1S/C16H9Cl2F6N3OS/c17-8-1-2-9(10(18)5-8)13-12(28-7-16(22,23)24)11-14(26-4-3-25-11)27(29-13)6-15(19,20)21/h1-5H,6-7H2. The molecular formula is C16H9Cl2F6N3OS. The Bertz CT molecular complexity index is 951. The molecule has 1 aromatic carbocycles. The first kappa shape index (κ1) is 21.8. The van der Waals surface area contributed by atoms with Crippen LogP contribution in [-0.2, 0) is 4.74 Å². The van der Waals surface area contributed by atoms with Gasteiger partial charge in [-0.25, -0.2) is 9.97 Å². The van der Waals surface area contributed by atoms with Crippen LogP contribution in [0.3, 0.4) is 0 Å². The zero-order chi connectivity index (χ0) is 21.4. The Morgan fingerprint density at radius 1 is 1.00 bits per heavy atom. The Kier molecular flexibility index (Phi) is 6.11. The molecule has 4 nitrogen and oxygen atoms in total. The molecule has 0 N–H and O–H groups in total. The monoisotopic (exact) mass is 475 g/mol. The maximum Gasteiger partial charge on any atom is 0.422 e. The third kappa shape index (κ3) is 5.40. The van der Waals surface area contributed by atoms with Gasteiger partial charge in [0, 0.05) is 23.0 Å². The van der Waals surface area contributed by atoms with Crippen LogP contribution in [0.1, 0.15) is 11.3 Å². The Labute approximate surface area is 174 Å². The van der Waals surface area contributed by atoms with E-state index >= 15 is 0 Å². The third-order valence-corrected chi connectivity index (χ3v) is 5.07. The Morgan fingerprint density at radius 3 is 2.31 bits per heavy atom. The summed E-state index contributed by atoms with van der Waals surface area (Å²) in [7, 11) is 0. The van der Waals surface area contributed by atoms with Crippen molar-refractivity contribution in [3.05, 3.63) is 51.9 Å². The lowest BCUT2D eigenvalue weighted by Gasteiger charge is -2.31. The molecule has 0 saturated heterocycles. The Balaban J connectivity index is 2.17. The lowest BCUT2D eigenvalue weighted by atomic mass is 10.1. The molecule has 0 aliphatic carbocycles. The van der Waals surface area contributed by atoms with Gasteiger partial charge < -0.3 is 4.74 Å². The highest BCUT2D eigenvalue weighted by atomic mass is 35.5. The van der Waals surface area contributed by atoms with Gasteiger partial charge >= 0.3 is 12.4 Å². The van der Waals surface area contributed by atoms with Crippen LogP contribution in [0.5, 0.6) is 0 Å². The van der Waals surface area contributed by atoms with Crippen molar-refractivity contribution in [1.82, 2.24) is 9.97 Å². The number of halogens is 8. The fourth-order valence-corrected chi connectivity index (χ4v) is 4.10. The van der Waals surface area contributed by atoms with Crippen LogP contribution in [0.4, 0.5) is 32.2 Å². The number of ether oxygens (including phenoxy) is 1. The van der Waals surface area contributed by atoms with E-state index in [1.807, 2.05) is 0 Å². The van der Waals surface area contributed by atoms with Gasteiger partial charge in [-0.1, -0.05) is 29.3 Å². The van der Waals surface area contributed by atoms with Gasteiger partial charge in [0.1, 0.15) is 12.2 Å². The van der Waals surface area contributed by atoms with E-state index in [0.717, 1.165) is 16.7 Å². The van der Waals surface area contributed by atoms with Gasteiger partial charge in [-0.15, -0.1) is 0 Å². The van der Waals surface area contributed by atoms with E-state index in [0.29, 0.717) is 11.9 Å². The summed E-state index contributed by atoms with van der Waals surface area (Å²) in [5.74, 6) is -0.654. The maximum atomic E-state index is 13.1. The summed E-state index contributed by atoms with van der Waals surface area (Å²) in [6.07, 6.45) is -7.03. The Morgan fingerprint density at radius 2 is 1.69 bits per heavy atom. The van der Waals surface area contributed by atoms with Gasteiger partial charge in [0.25, 0.3) is 0 Å². The molecule has 2 heterocycles. The number of nitrogens with zero attached hydrogens (tertiary/aromatic N) is 3. The minimum Gasteiger partial charge on any atom is -0.480 e. The zero-order valence-electron chi connectivity index (χ0n) is 14.0. The van der Waals surface area contributed by atoms with Gasteiger partial charge in [-0.3, -0.25) is 4.31 Å². The molecule has 29 heavy (non-hydrogen) atoms. The first-order valence-electron chi connectivity index (χ1n) is 7.67. The van der Waals surface area contributed by atoms with Crippen LogP contribution in [0.15, 0.2) is 30.6 Å². The van der Waals surface area contributed by atoms with Gasteiger partial charge in [0.2, 0.25) is 0 Å². The molecule has 0 fully saturated rings. The largest absolute Gasteiger partial charge is 0.480 e. The Hall–Kier alpha value is -1.85. The number of aromatic nitrogens is 2. The quantitative estimate of drug-likeness (QED) is 0.387. The molecule has 1 aromatic heterocycles. The van der Waals surface area contributed by atoms with Crippen LogP contribution in [0, 0.1) is 0 Å². The van der Waals surface area contributed by atoms with Crippen molar-refractivity contribution in [2.75, 3.05) is 17.5 Å². The van der Waals surface area contributed by atoms with Crippen LogP contribution in [-0.4, -0.2) is 35.5 Å². The van der Waals surface area contributed by atoms with Gasteiger partial charge in [0.15, 0.2) is 18.2 Å². The number of alkyl halides is 6. The summed E-state index contributed by atoms with van der Waals surface area (Å²) in [5.41, 5.74) is -0.123. The summed E-state index contributed by atoms with van der Waals surface area (Å²) in [6, 6.07) is 4.09. The summed E-state index contributed by atoms with van der Waals surface area (Å²) in [6.45, 7) is -3.10. The molecule has 3 rings (SSSR count). The summed E-state index contributed by atoms with van der Waals surface area (Å²) in [4.78, 5) is 7.66. The number of fused-ring (bicyclic) bond motifs is 1. The predicted octanol–water partition coefficient (Wildman–Crippen LogP) is 6.22. The lowest BCUT2D eigenvalue weighted by molar-refractivity contribution is -0.158. The number of benzene rings is 1. The SMILES string of the molecule is FC(F)(F)COC1=C(c2ccc(Cl)cc2Cl)SN(CC(F)(F)F)c2nccnc21. The van der Waals surface area contributed by atoms with E-state index in [4.69, 9.17) is 27.9 Å². The van der Waals surface area contributed by atoms with Crippen LogP contribution in [0.2, 0.25) is 10.0 Å². The number of anilines is 1. The normalized spacial score (nSPS) is 14.8. The minimum atomic E-state index is -4.68. The second kappa shape index (κ2) is 8.11. The molecule has 1 aliphatic rings. The fourth-order valence-electron chi connectivity index (χ4n) is 2.38. The molecule has 156 valence electrons. The van der Waals surface area contributed by atoms with Gasteiger partial charge in [0.05, 0.1) is 9.93 Å². The lowest BCUT2D eigenvalue weighted by Crippen LogP contribution is -2.32. The van der Waals surface area contributed by atoms with E-state index in [1.165, 1.54) is 18.2 Å². The topological polar surface area (TPSA) is 38.2 Å². The number of hydrogen-bond acceptors (Lipinski definition) is 5. The number of rotatable bonds is 4. The van der Waals surface area contributed by atoms with Crippen molar-refractivity contribution in [2.24, 2.45) is 0 Å². The smallest absolute Gasteiger partial charge is 0.422 e. The summed E-state index contributed by atoms with van der Waals surface area (Å²) >= 11 is 12.5. The first-order valence-corrected chi connectivity index (χ1v) is 9.20. The van der Waals surface area contributed by atoms with Crippen molar-refractivity contribution < 1.29 is 31.1 Å². The van der Waals surface area contributed by atoms with Crippen molar-refractivity contribution in [2.45, 2.75) is 12.4 Å².